The Balaban J connectivity index is 2.32. The fourth-order valence-electron chi connectivity index (χ4n) is 3.29. The van der Waals surface area contributed by atoms with Crippen LogP contribution < -0.4 is 5.32 Å². The van der Waals surface area contributed by atoms with E-state index >= 15 is 0 Å². The van der Waals surface area contributed by atoms with Gasteiger partial charge >= 0.3 is 0 Å². The van der Waals surface area contributed by atoms with E-state index in [2.05, 4.69) is 31.0 Å². The summed E-state index contributed by atoms with van der Waals surface area (Å²) in [6.07, 6.45) is 1.63. The maximum absolute atomic E-state index is 13.0. The van der Waals surface area contributed by atoms with Crippen LogP contribution in [0.2, 0.25) is 0 Å². The molecule has 26 heavy (non-hydrogen) atoms. The van der Waals surface area contributed by atoms with Crippen molar-refractivity contribution in [3.05, 3.63) is 28.3 Å². The van der Waals surface area contributed by atoms with Gasteiger partial charge in [-0.25, -0.2) is 8.42 Å². The molecular weight excluding hydrogens is 356 g/mol. The molecule has 1 saturated heterocycles. The standard InChI is InChI=1S/C17H28N4O4S/c1-4-19(5-2)14(3)13-18-16-9-8-15(21(22)23)12-17(16)26(24,25)20-10-6-7-11-20/h8-9,12,14,18H,4-7,10-11,13H2,1-3H3/t14-/m0/s1. The van der Waals surface area contributed by atoms with Gasteiger partial charge in [-0.3, -0.25) is 15.0 Å². The first kappa shape index (κ1) is 20.6. The van der Waals surface area contributed by atoms with Crippen LogP contribution in [-0.2, 0) is 10.0 Å². The Labute approximate surface area is 155 Å². The third-order valence-corrected chi connectivity index (χ3v) is 6.82. The number of anilines is 1. The number of likely N-dealkylation sites (N-methyl/N-ethyl adjacent to an activating group) is 1. The first-order valence-corrected chi connectivity index (χ1v) is 10.5. The lowest BCUT2D eigenvalue weighted by Crippen LogP contribution is -2.38. The lowest BCUT2D eigenvalue weighted by molar-refractivity contribution is -0.385. The SMILES string of the molecule is CCN(CC)[C@@H](C)CNc1ccc([N+](=O)[O-])cc1S(=O)(=O)N1CCCC1. The van der Waals surface area contributed by atoms with E-state index in [9.17, 15) is 18.5 Å². The van der Waals surface area contributed by atoms with Gasteiger partial charge in [0.15, 0.2) is 0 Å². The Bertz CT molecular complexity index is 728. The molecule has 1 atom stereocenters. The van der Waals surface area contributed by atoms with E-state index in [0.29, 0.717) is 25.3 Å². The Hall–Kier alpha value is -1.71. The average Bonchev–Trinajstić information content (AvgIpc) is 3.16. The highest BCUT2D eigenvalue weighted by Gasteiger charge is 2.31. The summed E-state index contributed by atoms with van der Waals surface area (Å²) < 4.78 is 27.4. The number of nitrogens with one attached hydrogen (secondary N) is 1. The van der Waals surface area contributed by atoms with Gasteiger partial charge in [0.25, 0.3) is 5.69 Å². The quantitative estimate of drug-likeness (QED) is 0.519. The van der Waals surface area contributed by atoms with Crippen molar-refractivity contribution in [2.75, 3.05) is 38.0 Å². The Morgan fingerprint density at radius 1 is 1.27 bits per heavy atom. The monoisotopic (exact) mass is 384 g/mol. The van der Waals surface area contributed by atoms with Crippen molar-refractivity contribution in [3.8, 4) is 0 Å². The van der Waals surface area contributed by atoms with Crippen LogP contribution in [0.5, 0.6) is 0 Å². The van der Waals surface area contributed by atoms with Gasteiger partial charge in [-0.2, -0.15) is 4.31 Å². The molecule has 0 spiro atoms. The van der Waals surface area contributed by atoms with Crippen molar-refractivity contribution in [1.29, 1.82) is 0 Å². The lowest BCUT2D eigenvalue weighted by atomic mass is 10.2. The predicted octanol–water partition coefficient (Wildman–Crippen LogP) is 2.52. The Morgan fingerprint density at radius 2 is 1.88 bits per heavy atom. The van der Waals surface area contributed by atoms with Crippen molar-refractivity contribution in [2.24, 2.45) is 0 Å². The fourth-order valence-corrected chi connectivity index (χ4v) is 4.99. The Kier molecular flexibility index (Phi) is 6.96. The van der Waals surface area contributed by atoms with E-state index in [0.717, 1.165) is 32.0 Å². The summed E-state index contributed by atoms with van der Waals surface area (Å²) in [5.41, 5.74) is 0.201. The van der Waals surface area contributed by atoms with Crippen LogP contribution in [0.15, 0.2) is 23.1 Å². The number of nitrogens with zero attached hydrogens (tertiary/aromatic N) is 3. The number of nitro groups is 1. The molecule has 0 aromatic heterocycles. The van der Waals surface area contributed by atoms with E-state index in [-0.39, 0.29) is 16.6 Å². The van der Waals surface area contributed by atoms with Crippen LogP contribution in [0.4, 0.5) is 11.4 Å². The molecule has 1 aliphatic rings. The molecule has 0 saturated carbocycles. The zero-order valence-corrected chi connectivity index (χ0v) is 16.5. The van der Waals surface area contributed by atoms with Crippen LogP contribution in [-0.4, -0.2) is 61.3 Å². The molecule has 1 aliphatic heterocycles. The molecule has 0 radical (unpaired) electrons. The molecule has 146 valence electrons. The highest BCUT2D eigenvalue weighted by atomic mass is 32.2. The fraction of sp³-hybridized carbons (Fsp3) is 0.647. The van der Waals surface area contributed by atoms with Gasteiger partial charge in [0, 0.05) is 37.8 Å². The first-order valence-electron chi connectivity index (χ1n) is 9.07. The third kappa shape index (κ3) is 4.52. The van der Waals surface area contributed by atoms with Gasteiger partial charge in [0.1, 0.15) is 4.90 Å². The maximum Gasteiger partial charge on any atom is 0.270 e. The van der Waals surface area contributed by atoms with E-state index in [4.69, 9.17) is 0 Å². The molecule has 1 aromatic carbocycles. The Morgan fingerprint density at radius 3 is 2.42 bits per heavy atom. The van der Waals surface area contributed by atoms with Gasteiger partial charge in [-0.15, -0.1) is 0 Å². The molecule has 0 aliphatic carbocycles. The summed E-state index contributed by atoms with van der Waals surface area (Å²) in [7, 11) is -3.75. The smallest absolute Gasteiger partial charge is 0.270 e. The van der Waals surface area contributed by atoms with Crippen LogP contribution >= 0.6 is 0 Å². The highest BCUT2D eigenvalue weighted by Crippen LogP contribution is 2.30. The summed E-state index contributed by atoms with van der Waals surface area (Å²) in [4.78, 5) is 12.8. The van der Waals surface area contributed by atoms with Gasteiger partial charge < -0.3 is 5.32 Å². The number of hydrogen-bond donors (Lipinski definition) is 1. The van der Waals surface area contributed by atoms with Crippen molar-refractivity contribution in [2.45, 2.75) is 44.6 Å². The minimum atomic E-state index is -3.75. The first-order chi connectivity index (χ1) is 12.3. The minimum absolute atomic E-state index is 0.0136. The summed E-state index contributed by atoms with van der Waals surface area (Å²) in [5.74, 6) is 0. The molecule has 9 heteroatoms. The molecule has 1 heterocycles. The second kappa shape index (κ2) is 8.79. The lowest BCUT2D eigenvalue weighted by Gasteiger charge is -2.27. The molecular formula is C17H28N4O4S. The number of benzene rings is 1. The van der Waals surface area contributed by atoms with Crippen LogP contribution in [0.25, 0.3) is 0 Å². The molecule has 0 amide bonds. The zero-order valence-electron chi connectivity index (χ0n) is 15.6. The van der Waals surface area contributed by atoms with E-state index < -0.39 is 14.9 Å². The number of hydrogen-bond acceptors (Lipinski definition) is 6. The van der Waals surface area contributed by atoms with E-state index in [1.165, 1.54) is 16.4 Å². The average molecular weight is 385 g/mol. The third-order valence-electron chi connectivity index (χ3n) is 4.88. The molecule has 0 unspecified atom stereocenters. The zero-order chi connectivity index (χ0) is 19.3. The topological polar surface area (TPSA) is 95.8 Å². The van der Waals surface area contributed by atoms with Crippen LogP contribution in [0.1, 0.15) is 33.6 Å². The predicted molar refractivity (Wildman–Crippen MR) is 102 cm³/mol. The second-order valence-electron chi connectivity index (χ2n) is 6.50. The summed E-state index contributed by atoms with van der Waals surface area (Å²) in [6.45, 7) is 9.50. The molecule has 8 nitrogen and oxygen atoms in total. The number of nitro benzene ring substituents is 1. The number of sulfonamides is 1. The van der Waals surface area contributed by atoms with Crippen molar-refractivity contribution >= 4 is 21.4 Å². The normalized spacial score (nSPS) is 16.8. The van der Waals surface area contributed by atoms with Crippen molar-refractivity contribution in [3.63, 3.8) is 0 Å². The minimum Gasteiger partial charge on any atom is -0.382 e. The van der Waals surface area contributed by atoms with Crippen molar-refractivity contribution in [1.82, 2.24) is 9.21 Å². The molecule has 0 bridgehead atoms. The summed E-state index contributed by atoms with van der Waals surface area (Å²) in [5, 5.41) is 14.3. The van der Waals surface area contributed by atoms with Gasteiger partial charge in [-0.1, -0.05) is 13.8 Å². The maximum atomic E-state index is 13.0. The van der Waals surface area contributed by atoms with Crippen molar-refractivity contribution < 1.29 is 13.3 Å². The molecule has 1 N–H and O–H groups in total. The molecule has 1 aromatic rings. The number of rotatable bonds is 9. The number of non-ortho nitro benzene ring substituents is 1. The van der Waals surface area contributed by atoms with Gasteiger partial charge in [-0.05, 0) is 38.9 Å². The van der Waals surface area contributed by atoms with Gasteiger partial charge in [0.05, 0.1) is 10.6 Å². The van der Waals surface area contributed by atoms with E-state index in [1.807, 2.05) is 0 Å². The molecule has 1 fully saturated rings. The second-order valence-corrected chi connectivity index (χ2v) is 8.41. The van der Waals surface area contributed by atoms with Crippen LogP contribution in [0, 0.1) is 10.1 Å². The highest BCUT2D eigenvalue weighted by molar-refractivity contribution is 7.89. The van der Waals surface area contributed by atoms with Gasteiger partial charge in [0.2, 0.25) is 10.0 Å². The summed E-state index contributed by atoms with van der Waals surface area (Å²) >= 11 is 0. The summed E-state index contributed by atoms with van der Waals surface area (Å²) in [6, 6.07) is 4.21. The molecule has 2 rings (SSSR count). The van der Waals surface area contributed by atoms with E-state index in [1.54, 1.807) is 0 Å². The van der Waals surface area contributed by atoms with Crippen LogP contribution in [0.3, 0.4) is 0 Å². The largest absolute Gasteiger partial charge is 0.382 e.